The molecule has 0 aliphatic carbocycles. The van der Waals surface area contributed by atoms with Crippen molar-refractivity contribution in [2.75, 3.05) is 19.0 Å². The van der Waals surface area contributed by atoms with Crippen LogP contribution in [0.4, 0.5) is 18.9 Å². The average molecular weight is 481 g/mol. The maximum absolute atomic E-state index is 12.1. The maximum atomic E-state index is 12.1. The predicted octanol–water partition coefficient (Wildman–Crippen LogP) is 4.18. The number of nitrogens with one attached hydrogen (secondary N) is 1. The van der Waals surface area contributed by atoms with E-state index in [0.717, 1.165) is 5.56 Å². The van der Waals surface area contributed by atoms with Crippen molar-refractivity contribution in [3.05, 3.63) is 54.1 Å². The molecular formula is C17H19F3IN3O2. The minimum absolute atomic E-state index is 0. The minimum Gasteiger partial charge on any atom is -0.495 e. The van der Waals surface area contributed by atoms with E-state index < -0.39 is 12.8 Å². The first-order valence-electron chi connectivity index (χ1n) is 7.36. The van der Waals surface area contributed by atoms with Gasteiger partial charge in [-0.15, -0.1) is 24.0 Å². The number of guanidine groups is 1. The van der Waals surface area contributed by atoms with E-state index in [1.807, 2.05) is 12.1 Å². The Morgan fingerprint density at radius 2 is 1.77 bits per heavy atom. The number of hydrogen-bond acceptors (Lipinski definition) is 3. The van der Waals surface area contributed by atoms with Gasteiger partial charge in [-0.1, -0.05) is 24.3 Å². The summed E-state index contributed by atoms with van der Waals surface area (Å²) in [6.45, 7) is -1.05. The Balaban J connectivity index is 0.00000338. The van der Waals surface area contributed by atoms with Crippen molar-refractivity contribution >= 4 is 35.6 Å². The molecule has 0 aliphatic heterocycles. The Morgan fingerprint density at radius 3 is 2.38 bits per heavy atom. The van der Waals surface area contributed by atoms with Crippen LogP contribution in [-0.4, -0.2) is 25.9 Å². The summed E-state index contributed by atoms with van der Waals surface area (Å²) in [5.41, 5.74) is 7.30. The van der Waals surface area contributed by atoms with E-state index in [9.17, 15) is 13.2 Å². The zero-order valence-corrected chi connectivity index (χ0v) is 16.2. The lowest BCUT2D eigenvalue weighted by molar-refractivity contribution is -0.153. The van der Waals surface area contributed by atoms with Crippen LogP contribution in [0.3, 0.4) is 0 Å². The molecule has 0 unspecified atom stereocenters. The lowest BCUT2D eigenvalue weighted by atomic mass is 10.2. The zero-order chi connectivity index (χ0) is 18.3. The third kappa shape index (κ3) is 7.38. The maximum Gasteiger partial charge on any atom is 0.422 e. The highest BCUT2D eigenvalue weighted by Gasteiger charge is 2.28. The smallest absolute Gasteiger partial charge is 0.422 e. The molecular weight excluding hydrogens is 462 g/mol. The minimum atomic E-state index is -4.36. The van der Waals surface area contributed by atoms with Crippen molar-refractivity contribution in [1.82, 2.24) is 0 Å². The number of halogens is 4. The fraction of sp³-hybridized carbons (Fsp3) is 0.235. The van der Waals surface area contributed by atoms with Crippen LogP contribution >= 0.6 is 24.0 Å². The van der Waals surface area contributed by atoms with Crippen LogP contribution in [-0.2, 0) is 6.54 Å². The second kappa shape index (κ2) is 10.1. The van der Waals surface area contributed by atoms with Crippen molar-refractivity contribution in [3.8, 4) is 11.5 Å². The number of para-hydroxylation sites is 2. The van der Waals surface area contributed by atoms with Crippen LogP contribution in [0.5, 0.6) is 11.5 Å². The summed E-state index contributed by atoms with van der Waals surface area (Å²) < 4.78 is 46.1. The average Bonchev–Trinajstić information content (AvgIpc) is 2.59. The van der Waals surface area contributed by atoms with E-state index in [2.05, 4.69) is 15.0 Å². The van der Waals surface area contributed by atoms with Crippen molar-refractivity contribution in [3.63, 3.8) is 0 Å². The molecule has 0 aromatic heterocycles. The highest BCUT2D eigenvalue weighted by molar-refractivity contribution is 14.0. The van der Waals surface area contributed by atoms with Gasteiger partial charge in [-0.05, 0) is 29.8 Å². The Morgan fingerprint density at radius 1 is 1.12 bits per heavy atom. The molecule has 142 valence electrons. The van der Waals surface area contributed by atoms with Crippen molar-refractivity contribution in [2.45, 2.75) is 12.7 Å². The van der Waals surface area contributed by atoms with Crippen molar-refractivity contribution < 1.29 is 22.6 Å². The van der Waals surface area contributed by atoms with Gasteiger partial charge in [-0.2, -0.15) is 13.2 Å². The summed E-state index contributed by atoms with van der Waals surface area (Å²) in [6, 6.07) is 13.4. The second-order valence-electron chi connectivity index (χ2n) is 5.07. The van der Waals surface area contributed by atoms with Gasteiger partial charge in [-0.3, -0.25) is 0 Å². The molecule has 5 nitrogen and oxygen atoms in total. The van der Waals surface area contributed by atoms with E-state index >= 15 is 0 Å². The first-order valence-corrected chi connectivity index (χ1v) is 7.36. The fourth-order valence-corrected chi connectivity index (χ4v) is 1.96. The van der Waals surface area contributed by atoms with Crippen LogP contribution in [0.15, 0.2) is 53.5 Å². The molecule has 26 heavy (non-hydrogen) atoms. The number of hydrogen-bond donors (Lipinski definition) is 2. The molecule has 0 amide bonds. The van der Waals surface area contributed by atoms with E-state index in [1.54, 1.807) is 31.4 Å². The molecule has 0 spiro atoms. The molecule has 3 N–H and O–H groups in total. The molecule has 2 aromatic rings. The first-order chi connectivity index (χ1) is 11.9. The molecule has 0 radical (unpaired) electrons. The summed E-state index contributed by atoms with van der Waals surface area (Å²) in [6.07, 6.45) is -4.36. The van der Waals surface area contributed by atoms with Gasteiger partial charge in [0.25, 0.3) is 0 Å². The monoisotopic (exact) mass is 481 g/mol. The van der Waals surface area contributed by atoms with Crippen LogP contribution in [0.2, 0.25) is 0 Å². The molecule has 0 saturated carbocycles. The summed E-state index contributed by atoms with van der Waals surface area (Å²) in [4.78, 5) is 4.19. The summed E-state index contributed by atoms with van der Waals surface area (Å²) >= 11 is 0. The van der Waals surface area contributed by atoms with Crippen molar-refractivity contribution in [1.29, 1.82) is 0 Å². The van der Waals surface area contributed by atoms with E-state index in [1.165, 1.54) is 12.1 Å². The molecule has 0 atom stereocenters. The highest BCUT2D eigenvalue weighted by Crippen LogP contribution is 2.23. The number of benzene rings is 2. The molecule has 9 heteroatoms. The SMILES string of the molecule is COc1ccccc1NC(N)=NCc1ccc(OCC(F)(F)F)cc1.I. The van der Waals surface area contributed by atoms with E-state index in [-0.39, 0.29) is 42.2 Å². The van der Waals surface area contributed by atoms with Crippen molar-refractivity contribution in [2.24, 2.45) is 10.7 Å². The first kappa shape index (κ1) is 21.9. The standard InChI is InChI=1S/C17H18F3N3O2.HI/c1-24-15-5-3-2-4-14(15)23-16(21)22-10-12-6-8-13(9-7-12)25-11-17(18,19)20;/h2-9H,10-11H2,1H3,(H3,21,22,23);1H. The Bertz CT molecular complexity index is 722. The number of aliphatic imine (C=N–C) groups is 1. The van der Waals surface area contributed by atoms with E-state index in [4.69, 9.17) is 10.5 Å². The molecule has 0 heterocycles. The highest BCUT2D eigenvalue weighted by atomic mass is 127. The Kier molecular flexibility index (Phi) is 8.49. The van der Waals surface area contributed by atoms with Crippen LogP contribution in [0, 0.1) is 0 Å². The number of nitrogens with zero attached hydrogens (tertiary/aromatic N) is 1. The topological polar surface area (TPSA) is 68.9 Å². The Hall–Kier alpha value is -2.17. The molecule has 0 saturated heterocycles. The van der Waals surface area contributed by atoms with Gasteiger partial charge in [0.05, 0.1) is 19.3 Å². The Labute approximate surface area is 166 Å². The van der Waals surface area contributed by atoms with Gasteiger partial charge in [0, 0.05) is 0 Å². The second-order valence-corrected chi connectivity index (χ2v) is 5.07. The lowest BCUT2D eigenvalue weighted by Gasteiger charge is -2.10. The molecule has 0 bridgehead atoms. The number of ether oxygens (including phenoxy) is 2. The fourth-order valence-electron chi connectivity index (χ4n) is 1.96. The van der Waals surface area contributed by atoms with E-state index in [0.29, 0.717) is 11.4 Å². The van der Waals surface area contributed by atoms with Crippen LogP contribution in [0.1, 0.15) is 5.56 Å². The van der Waals surface area contributed by atoms with Gasteiger partial charge in [0.2, 0.25) is 0 Å². The molecule has 2 rings (SSSR count). The summed E-state index contributed by atoms with van der Waals surface area (Å²) in [5.74, 6) is 0.971. The lowest BCUT2D eigenvalue weighted by Crippen LogP contribution is -2.22. The number of alkyl halides is 3. The zero-order valence-electron chi connectivity index (χ0n) is 13.9. The molecule has 0 aliphatic rings. The number of methoxy groups -OCH3 is 1. The number of nitrogens with two attached hydrogens (primary N) is 1. The third-order valence-corrected chi connectivity index (χ3v) is 3.13. The van der Waals surface area contributed by atoms with Gasteiger partial charge >= 0.3 is 6.18 Å². The summed E-state index contributed by atoms with van der Waals surface area (Å²) in [5, 5.41) is 2.93. The third-order valence-electron chi connectivity index (χ3n) is 3.13. The van der Waals surface area contributed by atoms with Gasteiger partial charge < -0.3 is 20.5 Å². The quantitative estimate of drug-likeness (QED) is 0.369. The van der Waals surface area contributed by atoms with Gasteiger partial charge in [-0.25, -0.2) is 4.99 Å². The van der Waals surface area contributed by atoms with Gasteiger partial charge in [0.15, 0.2) is 12.6 Å². The van der Waals surface area contributed by atoms with Crippen LogP contribution < -0.4 is 20.5 Å². The van der Waals surface area contributed by atoms with Crippen LogP contribution in [0.25, 0.3) is 0 Å². The summed E-state index contributed by atoms with van der Waals surface area (Å²) in [7, 11) is 1.55. The number of anilines is 1. The normalized spacial score (nSPS) is 11.5. The molecule has 2 aromatic carbocycles. The number of rotatable bonds is 6. The molecule has 0 fully saturated rings. The van der Waals surface area contributed by atoms with Gasteiger partial charge in [0.1, 0.15) is 11.5 Å². The largest absolute Gasteiger partial charge is 0.495 e. The predicted molar refractivity (Wildman–Crippen MR) is 105 cm³/mol.